The lowest BCUT2D eigenvalue weighted by Gasteiger charge is -2.36. The lowest BCUT2D eigenvalue weighted by molar-refractivity contribution is -0.143. The molecule has 3 fully saturated rings. The van der Waals surface area contributed by atoms with Crippen LogP contribution >= 0.6 is 0 Å². The third-order valence-electron chi connectivity index (χ3n) is 14.8. The van der Waals surface area contributed by atoms with Gasteiger partial charge >= 0.3 is 0 Å². The average Bonchev–Trinajstić information content (AvgIpc) is 4.28. The van der Waals surface area contributed by atoms with Crippen molar-refractivity contribution in [2.75, 3.05) is 108 Å². The Morgan fingerprint density at radius 1 is 0.852 bits per heavy atom. The maximum Gasteiger partial charge on any atom is 0.263 e. The van der Waals surface area contributed by atoms with E-state index in [1.165, 1.54) is 11.8 Å². The topological polar surface area (TPSA) is 273 Å². The Balaban J connectivity index is 0.747. The molecule has 4 unspecified atom stereocenters. The van der Waals surface area contributed by atoms with Crippen LogP contribution in [0.1, 0.15) is 95.1 Å². The number of para-hydroxylation sites is 1. The molecule has 81 heavy (non-hydrogen) atoms. The minimum atomic E-state index is -1.23. The number of benzene rings is 1. The minimum Gasteiger partial charge on any atom is -0.379 e. The van der Waals surface area contributed by atoms with Crippen LogP contribution in [-0.2, 0) is 38.2 Å². The first kappa shape index (κ1) is 61.6. The van der Waals surface area contributed by atoms with Crippen LogP contribution in [0.5, 0.6) is 0 Å². The van der Waals surface area contributed by atoms with Gasteiger partial charge in [0.15, 0.2) is 5.78 Å². The highest BCUT2D eigenvalue weighted by atomic mass is 19.1. The second kappa shape index (κ2) is 28.6. The van der Waals surface area contributed by atoms with Crippen molar-refractivity contribution >= 4 is 69.5 Å². The summed E-state index contributed by atoms with van der Waals surface area (Å²) in [6, 6.07) is 3.30. The fourth-order valence-corrected chi connectivity index (χ4v) is 10.2. The number of aromatic nitrogens is 4. The molecule has 3 aliphatic rings. The average molecular weight is 1130 g/mol. The number of hydrogen-bond donors (Lipinski definition) is 6. The van der Waals surface area contributed by atoms with Crippen molar-refractivity contribution < 1.29 is 51.8 Å². The molecule has 4 atom stereocenters. The van der Waals surface area contributed by atoms with E-state index in [2.05, 4.69) is 51.7 Å². The number of carbonyl (C=O) groups excluding carboxylic acids is 6. The monoisotopic (exact) mass is 1130 g/mol. The first-order valence-corrected chi connectivity index (χ1v) is 27.7. The highest BCUT2D eigenvalue weighted by Crippen LogP contribution is 2.33. The Bertz CT molecular complexity index is 2910. The van der Waals surface area contributed by atoms with E-state index in [1.807, 2.05) is 12.1 Å². The zero-order valence-electron chi connectivity index (χ0n) is 47.3. The Labute approximate surface area is 470 Å². The number of fused-ring (bicyclic) bond motifs is 1. The van der Waals surface area contributed by atoms with E-state index < -0.39 is 70.5 Å². The van der Waals surface area contributed by atoms with Gasteiger partial charge in [-0.1, -0.05) is 39.7 Å². The molecule has 1 aliphatic carbocycles. The third-order valence-corrected chi connectivity index (χ3v) is 14.8. The Morgan fingerprint density at radius 3 is 2.15 bits per heavy atom. The summed E-state index contributed by atoms with van der Waals surface area (Å²) in [5.41, 5.74) is 0.445. The van der Waals surface area contributed by atoms with Crippen LogP contribution in [0, 0.1) is 24.0 Å². The summed E-state index contributed by atoms with van der Waals surface area (Å²) in [4.78, 5) is 112. The fourth-order valence-electron chi connectivity index (χ4n) is 10.2. The van der Waals surface area contributed by atoms with Crippen LogP contribution in [0.4, 0.5) is 31.9 Å². The molecule has 25 heteroatoms. The molecule has 2 saturated heterocycles. The fraction of sp³-hybridized carbons (Fsp3) is 0.571. The molecule has 0 spiro atoms. The number of pyridine rings is 2. The molecule has 5 heterocycles. The SMILES string of the molecule is CNC(C)C(=O)NC(C(=O)N1CC(NC(=O)CCOCCOCCOCCNC(=O)CN2CCN(c3ccc(Nc4ncc5c(C)c(C(C)=O)c(=O)n(C6CCCC6)c5n4)nc3)CC2)CC1C(=O)Nc1c(F)cccc1F)C(C)(C)C. The van der Waals surface area contributed by atoms with E-state index in [-0.39, 0.29) is 81.2 Å². The maximum absolute atomic E-state index is 14.5. The van der Waals surface area contributed by atoms with Gasteiger partial charge in [0.2, 0.25) is 35.5 Å². The van der Waals surface area contributed by atoms with Gasteiger partial charge in [0.25, 0.3) is 5.56 Å². The molecule has 5 amide bonds. The minimum absolute atomic E-state index is 0.0241. The summed E-state index contributed by atoms with van der Waals surface area (Å²) in [5, 5.41) is 17.5. The number of likely N-dealkylation sites (N-methyl/N-ethyl adjacent to an activating group) is 1. The second-order valence-corrected chi connectivity index (χ2v) is 21.7. The number of nitrogens with one attached hydrogen (secondary N) is 6. The number of nitrogens with zero attached hydrogens (tertiary/aromatic N) is 7. The van der Waals surface area contributed by atoms with Gasteiger partial charge in [-0.2, -0.15) is 4.98 Å². The van der Waals surface area contributed by atoms with E-state index in [0.29, 0.717) is 74.3 Å². The number of rotatable bonds is 26. The second-order valence-electron chi connectivity index (χ2n) is 21.7. The van der Waals surface area contributed by atoms with E-state index in [4.69, 9.17) is 19.2 Å². The number of amides is 5. The zero-order chi connectivity index (χ0) is 58.4. The molecule has 1 saturated carbocycles. The Morgan fingerprint density at radius 2 is 1.52 bits per heavy atom. The van der Waals surface area contributed by atoms with Crippen molar-refractivity contribution in [2.45, 2.75) is 110 Å². The third kappa shape index (κ3) is 16.3. The Kier molecular flexibility index (Phi) is 21.7. The number of ether oxygens (including phenoxy) is 3. The molecule has 2 aliphatic heterocycles. The number of hydrogen-bond acceptors (Lipinski definition) is 17. The van der Waals surface area contributed by atoms with Gasteiger partial charge < -0.3 is 55.9 Å². The predicted octanol–water partition coefficient (Wildman–Crippen LogP) is 3.38. The molecule has 440 valence electrons. The summed E-state index contributed by atoms with van der Waals surface area (Å²) in [6.45, 7) is 14.7. The molecule has 4 aromatic rings. The first-order valence-electron chi connectivity index (χ1n) is 27.7. The number of Topliss-reactive ketones (excluding diaryl/α,β-unsaturated/α-hetero) is 1. The van der Waals surface area contributed by atoms with Gasteiger partial charge in [0.1, 0.15) is 40.9 Å². The highest BCUT2D eigenvalue weighted by molar-refractivity contribution is 6.00. The number of ketones is 1. The molecule has 7 rings (SSSR count). The standard InChI is InChI=1S/C56H77F2N13O10/c1-34-40-31-62-55(67-50(40)71(38-11-8-9-12-38)53(77)47(34)36(3)72)64-44-16-15-39(30-61-44)69-21-19-68(20-22-69)33-46(74)60-18-24-80-26-28-81-27-25-79-23-17-45(73)63-37-29-43(52(76)65-48-41(57)13-10-14-42(48)58)70(32-37)54(78)49(56(4,5)6)66-51(75)35(2)59-7/h10,13-16,30-31,35,37-38,43,49,59H,8-9,11-12,17-29,32-33H2,1-7H3,(H,60,74)(H,63,73)(H,65,76)(H,66,75)(H,61,62,64,67). The molecule has 6 N–H and O–H groups in total. The number of anilines is 4. The lowest BCUT2D eigenvalue weighted by atomic mass is 9.85. The predicted molar refractivity (Wildman–Crippen MR) is 299 cm³/mol. The van der Waals surface area contributed by atoms with Gasteiger partial charge in [-0.3, -0.25) is 43.0 Å². The quantitative estimate of drug-likeness (QED) is 0.0389. The number of aryl methyl sites for hydroxylation is 1. The first-order chi connectivity index (χ1) is 38.7. The van der Waals surface area contributed by atoms with Crippen molar-refractivity contribution in [2.24, 2.45) is 5.41 Å². The van der Waals surface area contributed by atoms with Gasteiger partial charge in [0.05, 0.1) is 69.7 Å². The smallest absolute Gasteiger partial charge is 0.263 e. The summed E-state index contributed by atoms with van der Waals surface area (Å²) in [7, 11) is 1.60. The molecule has 0 bridgehead atoms. The molecule has 1 aromatic carbocycles. The molecule has 23 nitrogen and oxygen atoms in total. The maximum atomic E-state index is 14.5. The molecule has 0 radical (unpaired) electrons. The molecular formula is C56H77F2N13O10. The van der Waals surface area contributed by atoms with Crippen LogP contribution in [0.15, 0.2) is 47.5 Å². The van der Waals surface area contributed by atoms with E-state index in [0.717, 1.165) is 49.6 Å². The van der Waals surface area contributed by atoms with Gasteiger partial charge in [-0.05, 0) is 82.3 Å². The van der Waals surface area contributed by atoms with E-state index in [1.54, 1.807) is 58.6 Å². The summed E-state index contributed by atoms with van der Waals surface area (Å²) < 4.78 is 47.5. The van der Waals surface area contributed by atoms with Crippen molar-refractivity contribution in [1.29, 1.82) is 0 Å². The summed E-state index contributed by atoms with van der Waals surface area (Å²) in [5.74, 6) is -3.81. The van der Waals surface area contributed by atoms with Crippen LogP contribution in [0.25, 0.3) is 11.0 Å². The van der Waals surface area contributed by atoms with Crippen LogP contribution in [0.2, 0.25) is 0 Å². The van der Waals surface area contributed by atoms with Gasteiger partial charge in [-0.15, -0.1) is 0 Å². The van der Waals surface area contributed by atoms with Gasteiger partial charge in [0, 0.05) is 69.4 Å². The van der Waals surface area contributed by atoms with Crippen molar-refractivity contribution in [3.63, 3.8) is 0 Å². The normalized spacial score (nSPS) is 17.7. The largest absolute Gasteiger partial charge is 0.379 e. The van der Waals surface area contributed by atoms with E-state index in [9.17, 15) is 42.3 Å². The summed E-state index contributed by atoms with van der Waals surface area (Å²) >= 11 is 0. The molecular weight excluding hydrogens is 1050 g/mol. The van der Waals surface area contributed by atoms with Crippen LogP contribution in [-0.4, -0.2) is 181 Å². The molecule has 3 aromatic heterocycles. The number of piperazine rings is 1. The van der Waals surface area contributed by atoms with Crippen molar-refractivity contribution in [3.05, 3.63) is 75.8 Å². The number of halogens is 2. The van der Waals surface area contributed by atoms with E-state index >= 15 is 0 Å². The van der Waals surface area contributed by atoms with Crippen molar-refractivity contribution in [1.82, 2.24) is 50.6 Å². The lowest BCUT2D eigenvalue weighted by Crippen LogP contribution is -2.59. The van der Waals surface area contributed by atoms with Crippen LogP contribution in [0.3, 0.4) is 0 Å². The van der Waals surface area contributed by atoms with Crippen molar-refractivity contribution in [3.8, 4) is 0 Å². The highest BCUT2D eigenvalue weighted by Gasteiger charge is 2.46. The zero-order valence-corrected chi connectivity index (χ0v) is 47.3. The Hall–Kier alpha value is -7.06. The number of carbonyl (C=O) groups is 6. The van der Waals surface area contributed by atoms with Crippen LogP contribution < -0.4 is 42.4 Å². The van der Waals surface area contributed by atoms with Gasteiger partial charge in [-0.25, -0.2) is 18.7 Å². The summed E-state index contributed by atoms with van der Waals surface area (Å²) in [6.07, 6.45) is 7.08. The number of likely N-dealkylation sites (tertiary alicyclic amines) is 1.